The van der Waals surface area contributed by atoms with E-state index in [1.54, 1.807) is 0 Å². The van der Waals surface area contributed by atoms with Gasteiger partial charge in [0.15, 0.2) is 0 Å². The van der Waals surface area contributed by atoms with Gasteiger partial charge in [0.05, 0.1) is 12.7 Å². The molecule has 3 heterocycles. The van der Waals surface area contributed by atoms with Crippen molar-refractivity contribution < 1.29 is 0 Å². The fraction of sp³-hybridized carbons (Fsp3) is 0.529. The topological polar surface area (TPSA) is 37.2 Å². The van der Waals surface area contributed by atoms with E-state index in [-0.39, 0.29) is 0 Å². The molecule has 1 fully saturated rings. The number of nitrogens with zero attached hydrogens (tertiary/aromatic N) is 5. The van der Waals surface area contributed by atoms with Crippen LogP contribution in [0.1, 0.15) is 18.4 Å². The third kappa shape index (κ3) is 3.65. The van der Waals surface area contributed by atoms with E-state index in [4.69, 9.17) is 0 Å². The van der Waals surface area contributed by atoms with E-state index in [9.17, 15) is 0 Å². The highest BCUT2D eigenvalue weighted by Crippen LogP contribution is 2.20. The lowest BCUT2D eigenvalue weighted by Gasteiger charge is -2.37. The maximum atomic E-state index is 4.45. The molecule has 22 heavy (non-hydrogen) atoms. The highest BCUT2D eigenvalue weighted by Gasteiger charge is 2.22. The van der Waals surface area contributed by atoms with Gasteiger partial charge in [0.2, 0.25) is 0 Å². The predicted molar refractivity (Wildman–Crippen MR) is 89.1 cm³/mol. The molecule has 2 aromatic heterocycles. The first kappa shape index (κ1) is 15.0. The second-order valence-corrected chi connectivity index (χ2v) is 6.15. The first-order valence-corrected chi connectivity index (χ1v) is 8.07. The number of piperidine rings is 1. The fourth-order valence-electron chi connectivity index (χ4n) is 3.11. The Balaban J connectivity index is 1.46. The summed E-state index contributed by atoms with van der Waals surface area (Å²) in [4.78, 5) is 9.32. The van der Waals surface area contributed by atoms with Crippen molar-refractivity contribution in [3.05, 3.63) is 42.4 Å². The van der Waals surface area contributed by atoms with Crippen molar-refractivity contribution in [2.45, 2.75) is 32.4 Å². The van der Waals surface area contributed by atoms with Crippen LogP contribution < -0.4 is 4.90 Å². The molecule has 0 atom stereocenters. The van der Waals surface area contributed by atoms with Crippen molar-refractivity contribution in [1.82, 2.24) is 19.7 Å². The summed E-state index contributed by atoms with van der Waals surface area (Å²) in [6.07, 6.45) is 8.30. The van der Waals surface area contributed by atoms with Crippen LogP contribution in [0.2, 0.25) is 0 Å². The Kier molecular flexibility index (Phi) is 4.73. The first-order chi connectivity index (χ1) is 10.7. The molecular formula is C17H25N5. The average molecular weight is 299 g/mol. The van der Waals surface area contributed by atoms with E-state index in [2.05, 4.69) is 52.2 Å². The minimum Gasteiger partial charge on any atom is -0.357 e. The van der Waals surface area contributed by atoms with Crippen molar-refractivity contribution in [1.29, 1.82) is 0 Å². The van der Waals surface area contributed by atoms with Crippen molar-refractivity contribution in [3.63, 3.8) is 0 Å². The van der Waals surface area contributed by atoms with E-state index in [0.29, 0.717) is 6.04 Å². The second-order valence-electron chi connectivity index (χ2n) is 6.15. The summed E-state index contributed by atoms with van der Waals surface area (Å²) < 4.78 is 2.04. The van der Waals surface area contributed by atoms with E-state index < -0.39 is 0 Å². The Bertz CT molecular complexity index is 572. The molecule has 0 N–H and O–H groups in total. The molecule has 0 aliphatic carbocycles. The lowest BCUT2D eigenvalue weighted by molar-refractivity contribution is 0.201. The van der Waals surface area contributed by atoms with Gasteiger partial charge in [-0.05, 0) is 37.5 Å². The molecule has 3 rings (SSSR count). The molecule has 0 bridgehead atoms. The molecule has 2 aromatic rings. The van der Waals surface area contributed by atoms with Crippen LogP contribution in [0.3, 0.4) is 0 Å². The molecule has 5 nitrogen and oxygen atoms in total. The highest BCUT2D eigenvalue weighted by molar-refractivity contribution is 5.38. The van der Waals surface area contributed by atoms with Gasteiger partial charge in [-0.1, -0.05) is 6.07 Å². The number of hydrogen-bond donors (Lipinski definition) is 0. The molecule has 0 radical (unpaired) electrons. The molecular weight excluding hydrogens is 274 g/mol. The van der Waals surface area contributed by atoms with Gasteiger partial charge in [0, 0.05) is 45.1 Å². The maximum Gasteiger partial charge on any atom is 0.128 e. The molecule has 0 saturated carbocycles. The summed E-state index contributed by atoms with van der Waals surface area (Å²) in [7, 11) is 2.16. The van der Waals surface area contributed by atoms with E-state index in [1.165, 1.54) is 18.4 Å². The molecule has 1 saturated heterocycles. The molecule has 1 aliphatic rings. The van der Waals surface area contributed by atoms with Crippen molar-refractivity contribution >= 4 is 5.82 Å². The zero-order valence-corrected chi connectivity index (χ0v) is 13.5. The number of hydrogen-bond acceptors (Lipinski definition) is 4. The Hall–Kier alpha value is -1.88. The van der Waals surface area contributed by atoms with E-state index in [1.807, 2.05) is 23.1 Å². The summed E-state index contributed by atoms with van der Waals surface area (Å²) >= 11 is 0. The number of anilines is 1. The smallest absolute Gasteiger partial charge is 0.128 e. The summed E-state index contributed by atoms with van der Waals surface area (Å²) in [6.45, 7) is 6.46. The molecule has 1 aliphatic heterocycles. The van der Waals surface area contributed by atoms with Gasteiger partial charge in [-0.2, -0.15) is 5.10 Å². The summed E-state index contributed by atoms with van der Waals surface area (Å²) in [5.74, 6) is 1.08. The van der Waals surface area contributed by atoms with Gasteiger partial charge in [0.25, 0.3) is 0 Å². The Morgan fingerprint density at radius 1 is 1.23 bits per heavy atom. The molecule has 0 spiro atoms. The van der Waals surface area contributed by atoms with Crippen LogP contribution in [0.15, 0.2) is 36.8 Å². The minimum atomic E-state index is 0.595. The molecule has 5 heteroatoms. The fourth-order valence-corrected chi connectivity index (χ4v) is 3.11. The third-order valence-electron chi connectivity index (χ3n) is 4.52. The second kappa shape index (κ2) is 6.92. The van der Waals surface area contributed by atoms with Gasteiger partial charge in [0.1, 0.15) is 5.82 Å². The van der Waals surface area contributed by atoms with Gasteiger partial charge in [-0.3, -0.25) is 4.68 Å². The number of rotatable bonds is 5. The van der Waals surface area contributed by atoms with Crippen LogP contribution in [-0.4, -0.2) is 52.4 Å². The number of aryl methyl sites for hydroxylation is 1. The van der Waals surface area contributed by atoms with Crippen LogP contribution in [-0.2, 0) is 6.54 Å². The van der Waals surface area contributed by atoms with Crippen LogP contribution in [0.25, 0.3) is 0 Å². The Morgan fingerprint density at radius 2 is 2.05 bits per heavy atom. The van der Waals surface area contributed by atoms with Gasteiger partial charge >= 0.3 is 0 Å². The van der Waals surface area contributed by atoms with Crippen molar-refractivity contribution in [2.75, 3.05) is 31.6 Å². The normalized spacial score (nSPS) is 16.8. The zero-order valence-electron chi connectivity index (χ0n) is 13.5. The largest absolute Gasteiger partial charge is 0.357 e. The van der Waals surface area contributed by atoms with Gasteiger partial charge in [-0.15, -0.1) is 0 Å². The lowest BCUT2D eigenvalue weighted by atomic mass is 10.0. The highest BCUT2D eigenvalue weighted by atomic mass is 15.3. The molecule has 0 aromatic carbocycles. The number of pyridine rings is 1. The first-order valence-electron chi connectivity index (χ1n) is 8.07. The molecule has 0 unspecified atom stereocenters. The van der Waals surface area contributed by atoms with Crippen LogP contribution >= 0.6 is 0 Å². The Morgan fingerprint density at radius 3 is 2.68 bits per heavy atom. The maximum absolute atomic E-state index is 4.45. The van der Waals surface area contributed by atoms with Crippen LogP contribution in [0.4, 0.5) is 5.82 Å². The SMILES string of the molecule is Cc1cnn(CCN2CCC(N(C)c3ccccn3)CC2)c1. The third-order valence-corrected chi connectivity index (χ3v) is 4.52. The van der Waals surface area contributed by atoms with Crippen molar-refractivity contribution in [2.24, 2.45) is 0 Å². The zero-order chi connectivity index (χ0) is 15.4. The average Bonchev–Trinajstić information content (AvgIpc) is 2.99. The van der Waals surface area contributed by atoms with Crippen LogP contribution in [0, 0.1) is 6.92 Å². The quantitative estimate of drug-likeness (QED) is 0.848. The predicted octanol–water partition coefficient (Wildman–Crippen LogP) is 2.19. The van der Waals surface area contributed by atoms with Gasteiger partial charge < -0.3 is 9.80 Å². The summed E-state index contributed by atoms with van der Waals surface area (Å²) in [6, 6.07) is 6.71. The number of likely N-dealkylation sites (tertiary alicyclic amines) is 1. The van der Waals surface area contributed by atoms with E-state index >= 15 is 0 Å². The number of aromatic nitrogens is 3. The summed E-state index contributed by atoms with van der Waals surface area (Å²) in [5.41, 5.74) is 1.23. The monoisotopic (exact) mass is 299 g/mol. The standard InChI is InChI=1S/C17H25N5/c1-15-13-19-22(14-15)12-11-21-9-6-16(7-10-21)20(2)17-5-3-4-8-18-17/h3-5,8,13-14,16H,6-7,9-12H2,1-2H3. The van der Waals surface area contributed by atoms with E-state index in [0.717, 1.165) is 32.0 Å². The minimum absolute atomic E-state index is 0.595. The Labute approximate surface area is 132 Å². The molecule has 0 amide bonds. The lowest BCUT2D eigenvalue weighted by Crippen LogP contribution is -2.44. The van der Waals surface area contributed by atoms with Crippen molar-refractivity contribution in [3.8, 4) is 0 Å². The van der Waals surface area contributed by atoms with Gasteiger partial charge in [-0.25, -0.2) is 4.98 Å². The summed E-state index contributed by atoms with van der Waals surface area (Å²) in [5, 5.41) is 4.36. The molecule has 118 valence electrons. The van der Waals surface area contributed by atoms with Crippen LogP contribution in [0.5, 0.6) is 0 Å².